The van der Waals surface area contributed by atoms with Gasteiger partial charge in [-0.05, 0) is 12.1 Å². The molecular weight excluding hydrogens is 386 g/mol. The van der Waals surface area contributed by atoms with Gasteiger partial charge in [-0.2, -0.15) is 5.10 Å². The van der Waals surface area contributed by atoms with Gasteiger partial charge in [-0.15, -0.1) is 0 Å². The molecule has 0 aliphatic carbocycles. The fourth-order valence-corrected chi connectivity index (χ4v) is 3.31. The number of anilines is 1. The first kappa shape index (κ1) is 21.6. The Morgan fingerprint density at radius 1 is 1.07 bits per heavy atom. The number of benzene rings is 1. The van der Waals surface area contributed by atoms with E-state index in [9.17, 15) is 9.59 Å². The number of hydrogen-bond acceptors (Lipinski definition) is 6. The minimum Gasteiger partial charge on any atom is -0.493 e. The average Bonchev–Trinajstić information content (AvgIpc) is 3.17. The lowest BCUT2D eigenvalue weighted by Crippen LogP contribution is -2.49. The number of rotatable bonds is 9. The Labute approximate surface area is 176 Å². The van der Waals surface area contributed by atoms with Crippen molar-refractivity contribution in [1.82, 2.24) is 19.6 Å². The molecule has 30 heavy (non-hydrogen) atoms. The van der Waals surface area contributed by atoms with E-state index in [0.29, 0.717) is 25.5 Å². The number of aromatic nitrogens is 2. The third kappa shape index (κ3) is 6.21. The van der Waals surface area contributed by atoms with Gasteiger partial charge in [0.25, 0.3) is 0 Å². The largest absolute Gasteiger partial charge is 0.493 e. The molecular formula is C21H29N5O4. The van der Waals surface area contributed by atoms with Crippen LogP contribution in [0.3, 0.4) is 0 Å². The molecule has 1 aromatic heterocycles. The highest BCUT2D eigenvalue weighted by molar-refractivity contribution is 5.92. The highest BCUT2D eigenvalue weighted by atomic mass is 16.5. The molecule has 1 fully saturated rings. The van der Waals surface area contributed by atoms with E-state index in [1.54, 1.807) is 31.1 Å². The van der Waals surface area contributed by atoms with Gasteiger partial charge in [0.05, 0.1) is 7.11 Å². The molecule has 9 nitrogen and oxygen atoms in total. The van der Waals surface area contributed by atoms with E-state index in [2.05, 4.69) is 15.3 Å². The van der Waals surface area contributed by atoms with Crippen LogP contribution in [-0.2, 0) is 16.6 Å². The van der Waals surface area contributed by atoms with Crippen LogP contribution in [0.2, 0.25) is 0 Å². The Morgan fingerprint density at radius 2 is 1.80 bits per heavy atom. The second-order valence-electron chi connectivity index (χ2n) is 7.14. The summed E-state index contributed by atoms with van der Waals surface area (Å²) >= 11 is 0. The van der Waals surface area contributed by atoms with Crippen LogP contribution < -0.4 is 14.8 Å². The highest BCUT2D eigenvalue weighted by Gasteiger charge is 2.21. The lowest BCUT2D eigenvalue weighted by molar-refractivity contribution is -0.134. The zero-order valence-electron chi connectivity index (χ0n) is 17.5. The minimum absolute atomic E-state index is 0.0103. The van der Waals surface area contributed by atoms with Gasteiger partial charge in [0.15, 0.2) is 17.3 Å². The van der Waals surface area contributed by atoms with E-state index in [4.69, 9.17) is 9.47 Å². The molecule has 1 N–H and O–H groups in total. The Bertz CT molecular complexity index is 845. The monoisotopic (exact) mass is 415 g/mol. The number of nitrogens with zero attached hydrogens (tertiary/aromatic N) is 4. The van der Waals surface area contributed by atoms with Crippen molar-refractivity contribution in [3.63, 3.8) is 0 Å². The van der Waals surface area contributed by atoms with E-state index in [-0.39, 0.29) is 24.7 Å². The molecule has 1 aromatic carbocycles. The number of nitrogens with one attached hydrogen (secondary N) is 1. The molecule has 1 aliphatic rings. The summed E-state index contributed by atoms with van der Waals surface area (Å²) in [5.41, 5.74) is 0. The molecule has 162 valence electrons. The van der Waals surface area contributed by atoms with Crippen LogP contribution in [0.5, 0.6) is 11.5 Å². The zero-order chi connectivity index (χ0) is 21.3. The predicted molar refractivity (Wildman–Crippen MR) is 113 cm³/mol. The van der Waals surface area contributed by atoms with Gasteiger partial charge in [0.1, 0.15) is 6.61 Å². The van der Waals surface area contributed by atoms with Crippen LogP contribution in [-0.4, -0.2) is 77.8 Å². The first-order valence-electron chi connectivity index (χ1n) is 10.1. The number of carbonyl (C=O) groups excluding carboxylic acids is 2. The standard InChI is InChI=1S/C21H29N5O4/c1-24-10-9-19(23-24)22-20(27)7-8-21(28)26-13-11-25(12-14-26)15-16-30-18-6-4-3-5-17(18)29-2/h3-6,9-10H,7-8,11-16H2,1-2H3,(H,22,23,27). The highest BCUT2D eigenvalue weighted by Crippen LogP contribution is 2.25. The number of piperazine rings is 1. The third-order valence-corrected chi connectivity index (χ3v) is 5.01. The first-order valence-corrected chi connectivity index (χ1v) is 10.1. The lowest BCUT2D eigenvalue weighted by Gasteiger charge is -2.34. The fourth-order valence-electron chi connectivity index (χ4n) is 3.31. The molecule has 0 unspecified atom stereocenters. The van der Waals surface area contributed by atoms with Crippen molar-refractivity contribution in [1.29, 1.82) is 0 Å². The zero-order valence-corrected chi connectivity index (χ0v) is 17.5. The van der Waals surface area contributed by atoms with E-state index in [1.807, 2.05) is 29.2 Å². The van der Waals surface area contributed by atoms with Crippen LogP contribution in [0.15, 0.2) is 36.5 Å². The molecule has 0 saturated carbocycles. The number of amides is 2. The molecule has 0 radical (unpaired) electrons. The van der Waals surface area contributed by atoms with Crippen molar-refractivity contribution in [3.8, 4) is 11.5 Å². The number of para-hydroxylation sites is 2. The number of aryl methyl sites for hydroxylation is 1. The summed E-state index contributed by atoms with van der Waals surface area (Å²) in [6.07, 6.45) is 2.11. The number of methoxy groups -OCH3 is 1. The SMILES string of the molecule is COc1ccccc1OCCN1CCN(C(=O)CCC(=O)Nc2ccn(C)n2)CC1. The molecule has 0 atom stereocenters. The van der Waals surface area contributed by atoms with Crippen molar-refractivity contribution in [2.24, 2.45) is 7.05 Å². The van der Waals surface area contributed by atoms with Crippen molar-refractivity contribution in [3.05, 3.63) is 36.5 Å². The number of hydrogen-bond donors (Lipinski definition) is 1. The van der Waals surface area contributed by atoms with E-state index in [0.717, 1.165) is 31.1 Å². The maximum absolute atomic E-state index is 12.4. The van der Waals surface area contributed by atoms with Crippen molar-refractivity contribution in [2.75, 3.05) is 51.8 Å². The van der Waals surface area contributed by atoms with Crippen LogP contribution in [0.25, 0.3) is 0 Å². The fraction of sp³-hybridized carbons (Fsp3) is 0.476. The van der Waals surface area contributed by atoms with E-state index < -0.39 is 0 Å². The molecule has 2 aromatic rings. The molecule has 1 saturated heterocycles. The summed E-state index contributed by atoms with van der Waals surface area (Å²) < 4.78 is 12.7. The van der Waals surface area contributed by atoms with Gasteiger partial charge in [0.2, 0.25) is 11.8 Å². The maximum Gasteiger partial charge on any atom is 0.226 e. The third-order valence-electron chi connectivity index (χ3n) is 5.01. The molecule has 2 heterocycles. The summed E-state index contributed by atoms with van der Waals surface area (Å²) in [5, 5.41) is 6.80. The number of carbonyl (C=O) groups is 2. The summed E-state index contributed by atoms with van der Waals surface area (Å²) in [6, 6.07) is 9.30. The summed E-state index contributed by atoms with van der Waals surface area (Å²) in [7, 11) is 3.41. The molecule has 9 heteroatoms. The van der Waals surface area contributed by atoms with Crippen LogP contribution in [0, 0.1) is 0 Å². The van der Waals surface area contributed by atoms with Crippen molar-refractivity contribution >= 4 is 17.6 Å². The van der Waals surface area contributed by atoms with E-state index >= 15 is 0 Å². The van der Waals surface area contributed by atoms with Gasteiger partial charge < -0.3 is 19.7 Å². The van der Waals surface area contributed by atoms with Gasteiger partial charge in [-0.1, -0.05) is 12.1 Å². The molecule has 0 bridgehead atoms. The topological polar surface area (TPSA) is 88.9 Å². The van der Waals surface area contributed by atoms with Gasteiger partial charge >= 0.3 is 0 Å². The second kappa shape index (κ2) is 10.6. The van der Waals surface area contributed by atoms with Crippen LogP contribution >= 0.6 is 0 Å². The number of ether oxygens (including phenoxy) is 2. The average molecular weight is 415 g/mol. The van der Waals surface area contributed by atoms with Crippen molar-refractivity contribution in [2.45, 2.75) is 12.8 Å². The summed E-state index contributed by atoms with van der Waals surface area (Å²) in [4.78, 5) is 28.5. The Hall–Kier alpha value is -3.07. The summed E-state index contributed by atoms with van der Waals surface area (Å²) in [6.45, 7) is 4.25. The van der Waals surface area contributed by atoms with Crippen molar-refractivity contribution < 1.29 is 19.1 Å². The second-order valence-corrected chi connectivity index (χ2v) is 7.14. The van der Waals surface area contributed by atoms with Crippen LogP contribution in [0.1, 0.15) is 12.8 Å². The molecule has 2 amide bonds. The van der Waals surface area contributed by atoms with Gasteiger partial charge in [-0.25, -0.2) is 0 Å². The van der Waals surface area contributed by atoms with Crippen LogP contribution in [0.4, 0.5) is 5.82 Å². The molecule has 3 rings (SSSR count). The minimum atomic E-state index is -0.200. The lowest BCUT2D eigenvalue weighted by atomic mass is 10.2. The molecule has 0 spiro atoms. The van der Waals surface area contributed by atoms with Gasteiger partial charge in [-0.3, -0.25) is 19.2 Å². The predicted octanol–water partition coefficient (Wildman–Crippen LogP) is 1.37. The summed E-state index contributed by atoms with van der Waals surface area (Å²) in [5.74, 6) is 1.77. The normalized spacial score (nSPS) is 14.4. The first-order chi connectivity index (χ1) is 14.5. The molecule has 1 aliphatic heterocycles. The van der Waals surface area contributed by atoms with E-state index in [1.165, 1.54) is 0 Å². The maximum atomic E-state index is 12.4. The van der Waals surface area contributed by atoms with Gasteiger partial charge in [0, 0.05) is 64.9 Å². The Kier molecular flexibility index (Phi) is 7.67. The Balaban J connectivity index is 1.32. The Morgan fingerprint density at radius 3 is 2.47 bits per heavy atom. The quantitative estimate of drug-likeness (QED) is 0.666. The smallest absolute Gasteiger partial charge is 0.226 e.